The van der Waals surface area contributed by atoms with Gasteiger partial charge in [-0.15, -0.1) is 0 Å². The normalized spacial score (nSPS) is 29.8. The highest BCUT2D eigenvalue weighted by molar-refractivity contribution is 5.76. The molecule has 0 aromatic heterocycles. The van der Waals surface area contributed by atoms with Crippen molar-refractivity contribution < 1.29 is 9.90 Å². The van der Waals surface area contributed by atoms with Crippen LogP contribution >= 0.6 is 0 Å². The molecule has 1 aliphatic carbocycles. The minimum atomic E-state index is -0.237. The number of likely N-dealkylation sites (tertiary alicyclic amines) is 1. The van der Waals surface area contributed by atoms with Gasteiger partial charge in [0.25, 0.3) is 0 Å². The molecule has 0 radical (unpaired) electrons. The molecule has 4 heteroatoms. The van der Waals surface area contributed by atoms with Crippen LogP contribution in [-0.4, -0.2) is 47.2 Å². The molecule has 116 valence electrons. The minimum Gasteiger partial charge on any atom is -0.392 e. The fraction of sp³-hybridized carbons (Fsp3) is 0.938. The molecule has 1 heterocycles. The molecule has 3 unspecified atom stereocenters. The third kappa shape index (κ3) is 4.74. The van der Waals surface area contributed by atoms with Crippen LogP contribution < -0.4 is 5.32 Å². The largest absolute Gasteiger partial charge is 0.392 e. The summed E-state index contributed by atoms with van der Waals surface area (Å²) >= 11 is 0. The predicted octanol–water partition coefficient (Wildman–Crippen LogP) is 2.06. The Morgan fingerprint density at radius 1 is 1.15 bits per heavy atom. The Morgan fingerprint density at radius 3 is 2.45 bits per heavy atom. The number of hydrogen-bond donors (Lipinski definition) is 2. The molecule has 2 fully saturated rings. The van der Waals surface area contributed by atoms with Gasteiger partial charge in [-0.05, 0) is 32.6 Å². The van der Waals surface area contributed by atoms with Crippen LogP contribution in [0, 0.1) is 0 Å². The van der Waals surface area contributed by atoms with Crippen LogP contribution in [0.25, 0.3) is 0 Å². The summed E-state index contributed by atoms with van der Waals surface area (Å²) in [6.45, 7) is 3.92. The first-order valence-electron chi connectivity index (χ1n) is 8.38. The van der Waals surface area contributed by atoms with E-state index in [2.05, 4.69) is 12.2 Å². The van der Waals surface area contributed by atoms with Gasteiger partial charge in [-0.1, -0.05) is 25.7 Å². The molecule has 1 aliphatic heterocycles. The Balaban J connectivity index is 1.74. The molecule has 2 aliphatic rings. The average Bonchev–Trinajstić information content (AvgIpc) is 2.70. The van der Waals surface area contributed by atoms with E-state index < -0.39 is 0 Å². The number of rotatable bonds is 4. The fourth-order valence-electron chi connectivity index (χ4n) is 3.44. The van der Waals surface area contributed by atoms with Crippen LogP contribution in [0.1, 0.15) is 64.7 Å². The van der Waals surface area contributed by atoms with E-state index in [1.165, 1.54) is 19.3 Å². The standard InChI is InChI=1S/C16H30N2O2/c1-13(17-14-8-4-5-9-15(14)19)12-16(20)18-10-6-2-3-7-11-18/h13-15,17,19H,2-12H2,1H3. The van der Waals surface area contributed by atoms with Gasteiger partial charge in [-0.2, -0.15) is 0 Å². The number of amides is 1. The summed E-state index contributed by atoms with van der Waals surface area (Å²) in [5.74, 6) is 0.275. The number of aliphatic hydroxyl groups is 1. The van der Waals surface area contributed by atoms with Gasteiger partial charge < -0.3 is 15.3 Å². The van der Waals surface area contributed by atoms with Gasteiger partial charge in [-0.25, -0.2) is 0 Å². The Morgan fingerprint density at radius 2 is 1.80 bits per heavy atom. The summed E-state index contributed by atoms with van der Waals surface area (Å²) in [7, 11) is 0. The zero-order chi connectivity index (χ0) is 14.4. The van der Waals surface area contributed by atoms with Gasteiger partial charge in [0.15, 0.2) is 0 Å². The lowest BCUT2D eigenvalue weighted by Crippen LogP contribution is -2.47. The first-order valence-corrected chi connectivity index (χ1v) is 8.38. The third-order valence-corrected chi connectivity index (χ3v) is 4.67. The molecule has 1 amide bonds. The molecule has 0 bridgehead atoms. The Kier molecular flexibility index (Phi) is 6.30. The van der Waals surface area contributed by atoms with Gasteiger partial charge >= 0.3 is 0 Å². The second-order valence-electron chi connectivity index (χ2n) is 6.53. The molecule has 20 heavy (non-hydrogen) atoms. The van der Waals surface area contributed by atoms with Gasteiger partial charge in [0.05, 0.1) is 6.10 Å². The van der Waals surface area contributed by atoms with Crippen LogP contribution in [0.15, 0.2) is 0 Å². The molecule has 1 saturated heterocycles. The summed E-state index contributed by atoms with van der Waals surface area (Å²) in [4.78, 5) is 14.3. The van der Waals surface area contributed by atoms with Crippen molar-refractivity contribution in [1.29, 1.82) is 0 Å². The topological polar surface area (TPSA) is 52.6 Å². The van der Waals surface area contributed by atoms with E-state index in [9.17, 15) is 9.90 Å². The van der Waals surface area contributed by atoms with E-state index in [-0.39, 0.29) is 24.1 Å². The lowest BCUT2D eigenvalue weighted by molar-refractivity contribution is -0.131. The summed E-state index contributed by atoms with van der Waals surface area (Å²) in [5.41, 5.74) is 0. The van der Waals surface area contributed by atoms with Crippen LogP contribution in [0.5, 0.6) is 0 Å². The number of nitrogens with one attached hydrogen (secondary N) is 1. The number of carbonyl (C=O) groups is 1. The molecule has 0 spiro atoms. The Labute approximate surface area is 122 Å². The maximum atomic E-state index is 12.3. The summed E-state index contributed by atoms with van der Waals surface area (Å²) in [6.07, 6.45) is 9.36. The third-order valence-electron chi connectivity index (χ3n) is 4.67. The van der Waals surface area contributed by atoms with Crippen molar-refractivity contribution >= 4 is 5.91 Å². The number of aliphatic hydroxyl groups excluding tert-OH is 1. The highest BCUT2D eigenvalue weighted by Gasteiger charge is 2.25. The van der Waals surface area contributed by atoms with Gasteiger partial charge in [-0.3, -0.25) is 4.79 Å². The molecule has 0 aromatic carbocycles. The molecule has 1 saturated carbocycles. The van der Waals surface area contributed by atoms with E-state index in [4.69, 9.17) is 0 Å². The van der Waals surface area contributed by atoms with E-state index in [1.54, 1.807) is 0 Å². The second-order valence-corrected chi connectivity index (χ2v) is 6.53. The maximum Gasteiger partial charge on any atom is 0.224 e. The first-order chi connectivity index (χ1) is 9.66. The lowest BCUT2D eigenvalue weighted by atomic mass is 9.92. The second kappa shape index (κ2) is 7.99. The van der Waals surface area contributed by atoms with Gasteiger partial charge in [0, 0.05) is 31.6 Å². The predicted molar refractivity (Wildman–Crippen MR) is 80.5 cm³/mol. The quantitative estimate of drug-likeness (QED) is 0.830. The lowest BCUT2D eigenvalue weighted by Gasteiger charge is -2.31. The van der Waals surface area contributed by atoms with Crippen LogP contribution in [0.2, 0.25) is 0 Å². The SMILES string of the molecule is CC(CC(=O)N1CCCCCC1)NC1CCCCC1O. The van der Waals surface area contributed by atoms with Crippen molar-refractivity contribution in [2.45, 2.75) is 82.9 Å². The van der Waals surface area contributed by atoms with Gasteiger partial charge in [0.2, 0.25) is 5.91 Å². The molecule has 4 nitrogen and oxygen atoms in total. The molecular weight excluding hydrogens is 252 g/mol. The highest BCUT2D eigenvalue weighted by atomic mass is 16.3. The van der Waals surface area contributed by atoms with Crippen molar-refractivity contribution in [3.8, 4) is 0 Å². The van der Waals surface area contributed by atoms with Crippen LogP contribution in [0.4, 0.5) is 0 Å². The van der Waals surface area contributed by atoms with Crippen LogP contribution in [0.3, 0.4) is 0 Å². The molecule has 2 N–H and O–H groups in total. The Hall–Kier alpha value is -0.610. The molecule has 2 rings (SSSR count). The number of hydrogen-bond acceptors (Lipinski definition) is 3. The Bertz CT molecular complexity index is 301. The van der Waals surface area contributed by atoms with Crippen molar-refractivity contribution in [3.63, 3.8) is 0 Å². The zero-order valence-corrected chi connectivity index (χ0v) is 12.8. The average molecular weight is 282 g/mol. The summed E-state index contributed by atoms with van der Waals surface area (Å²) in [5, 5.41) is 13.4. The number of nitrogens with zero attached hydrogens (tertiary/aromatic N) is 1. The van der Waals surface area contributed by atoms with Crippen molar-refractivity contribution in [1.82, 2.24) is 10.2 Å². The maximum absolute atomic E-state index is 12.3. The van der Waals surface area contributed by atoms with Crippen molar-refractivity contribution in [3.05, 3.63) is 0 Å². The minimum absolute atomic E-state index is 0.156. The highest BCUT2D eigenvalue weighted by Crippen LogP contribution is 2.19. The monoisotopic (exact) mass is 282 g/mol. The van der Waals surface area contributed by atoms with E-state index in [0.717, 1.165) is 45.2 Å². The van der Waals surface area contributed by atoms with Crippen molar-refractivity contribution in [2.24, 2.45) is 0 Å². The fourth-order valence-corrected chi connectivity index (χ4v) is 3.44. The van der Waals surface area contributed by atoms with E-state index in [1.807, 2.05) is 4.90 Å². The first kappa shape index (κ1) is 15.8. The van der Waals surface area contributed by atoms with Gasteiger partial charge in [0.1, 0.15) is 0 Å². The van der Waals surface area contributed by atoms with Crippen LogP contribution in [-0.2, 0) is 4.79 Å². The summed E-state index contributed by atoms with van der Waals surface area (Å²) < 4.78 is 0. The smallest absolute Gasteiger partial charge is 0.224 e. The molecular formula is C16H30N2O2. The summed E-state index contributed by atoms with van der Waals surface area (Å²) in [6, 6.07) is 0.333. The van der Waals surface area contributed by atoms with Crippen molar-refractivity contribution in [2.75, 3.05) is 13.1 Å². The van der Waals surface area contributed by atoms with E-state index >= 15 is 0 Å². The molecule has 0 aromatic rings. The number of carbonyl (C=O) groups excluding carboxylic acids is 1. The molecule has 3 atom stereocenters. The van der Waals surface area contributed by atoms with E-state index in [0.29, 0.717) is 6.42 Å². The zero-order valence-electron chi connectivity index (χ0n) is 12.8.